The number of allylic oxidation sites excluding steroid dienone is 1. The van der Waals surface area contributed by atoms with Crippen molar-refractivity contribution in [3.05, 3.63) is 36.3 Å². The largest absolute Gasteiger partial charge is 0.388 e. The maximum atomic E-state index is 7.77. The molecule has 7 heteroatoms. The van der Waals surface area contributed by atoms with Gasteiger partial charge in [0.05, 0.1) is 22.9 Å². The van der Waals surface area contributed by atoms with Gasteiger partial charge in [0.15, 0.2) is 0 Å². The number of piperazine rings is 1. The van der Waals surface area contributed by atoms with Gasteiger partial charge in [0.1, 0.15) is 0 Å². The molecule has 5 N–H and O–H groups in total. The van der Waals surface area contributed by atoms with Crippen LogP contribution in [0.3, 0.4) is 0 Å². The van der Waals surface area contributed by atoms with Crippen molar-refractivity contribution < 1.29 is 0 Å². The Morgan fingerprint density at radius 1 is 1.30 bits per heavy atom. The summed E-state index contributed by atoms with van der Waals surface area (Å²) in [5.41, 5.74) is 10.1. The fourth-order valence-corrected chi connectivity index (χ4v) is 3.72. The summed E-state index contributed by atoms with van der Waals surface area (Å²) in [6.45, 7) is 4.76. The first kappa shape index (κ1) is 17.9. The molecule has 4 rings (SSSR count). The summed E-state index contributed by atoms with van der Waals surface area (Å²) in [4.78, 5) is 11.7. The van der Waals surface area contributed by atoms with Crippen LogP contribution in [0.15, 0.2) is 30.6 Å². The van der Waals surface area contributed by atoms with E-state index in [4.69, 9.17) is 16.1 Å². The number of aromatic nitrogens is 2. The van der Waals surface area contributed by atoms with Crippen LogP contribution < -0.4 is 21.3 Å². The van der Waals surface area contributed by atoms with Gasteiger partial charge in [0.2, 0.25) is 0 Å². The maximum absolute atomic E-state index is 7.77. The average molecular weight is 365 g/mol. The van der Waals surface area contributed by atoms with Crippen LogP contribution in [0.2, 0.25) is 0 Å². The van der Waals surface area contributed by atoms with Gasteiger partial charge in [-0.15, -0.1) is 0 Å². The molecule has 0 amide bonds. The van der Waals surface area contributed by atoms with E-state index in [9.17, 15) is 0 Å². The van der Waals surface area contributed by atoms with E-state index >= 15 is 0 Å². The SMILES string of the molecule is N=C/C(=C\NC1CC(CN)C1)c1cnc2ccc(N3CCNCC3)cc2n1. The van der Waals surface area contributed by atoms with Crippen molar-refractivity contribution in [1.29, 1.82) is 5.41 Å². The molecule has 1 aliphatic heterocycles. The lowest BCUT2D eigenvalue weighted by molar-refractivity contribution is 0.247. The lowest BCUT2D eigenvalue weighted by Gasteiger charge is -2.34. The summed E-state index contributed by atoms with van der Waals surface area (Å²) in [7, 11) is 0. The molecule has 0 spiro atoms. The topological polar surface area (TPSA) is 103 Å². The number of hydrogen-bond acceptors (Lipinski definition) is 7. The fraction of sp³-hybridized carbons (Fsp3) is 0.450. The van der Waals surface area contributed by atoms with Gasteiger partial charge >= 0.3 is 0 Å². The van der Waals surface area contributed by atoms with Gasteiger partial charge < -0.3 is 26.7 Å². The molecule has 1 aromatic carbocycles. The Morgan fingerprint density at radius 3 is 2.85 bits per heavy atom. The van der Waals surface area contributed by atoms with Gasteiger partial charge in [-0.2, -0.15) is 0 Å². The molecule has 1 saturated carbocycles. The van der Waals surface area contributed by atoms with Crippen LogP contribution in [0, 0.1) is 11.3 Å². The van der Waals surface area contributed by atoms with E-state index in [1.54, 1.807) is 6.20 Å². The van der Waals surface area contributed by atoms with E-state index in [0.29, 0.717) is 12.0 Å². The van der Waals surface area contributed by atoms with Crippen molar-refractivity contribution in [2.45, 2.75) is 18.9 Å². The van der Waals surface area contributed by atoms with Crippen molar-refractivity contribution in [2.24, 2.45) is 11.7 Å². The van der Waals surface area contributed by atoms with Gasteiger partial charge in [0, 0.05) is 55.9 Å². The zero-order valence-corrected chi connectivity index (χ0v) is 15.5. The van der Waals surface area contributed by atoms with Gasteiger partial charge in [-0.3, -0.25) is 4.98 Å². The summed E-state index contributed by atoms with van der Waals surface area (Å²) in [6.07, 6.45) is 7.16. The molecular formula is C20H27N7. The molecule has 142 valence electrons. The van der Waals surface area contributed by atoms with Gasteiger partial charge in [-0.1, -0.05) is 0 Å². The molecule has 2 aromatic rings. The normalized spacial score (nSPS) is 23.1. The van der Waals surface area contributed by atoms with E-state index in [1.807, 2.05) is 12.3 Å². The lowest BCUT2D eigenvalue weighted by atomic mass is 9.80. The first-order chi connectivity index (χ1) is 13.3. The minimum absolute atomic E-state index is 0.446. The van der Waals surface area contributed by atoms with Crippen LogP contribution >= 0.6 is 0 Å². The second kappa shape index (κ2) is 8.02. The Balaban J connectivity index is 1.54. The summed E-state index contributed by atoms with van der Waals surface area (Å²) >= 11 is 0. The van der Waals surface area contributed by atoms with E-state index in [2.05, 4.69) is 32.7 Å². The Hall–Kier alpha value is -2.51. The minimum atomic E-state index is 0.446. The Bertz CT molecular complexity index is 835. The van der Waals surface area contributed by atoms with Crippen LogP contribution in [0.1, 0.15) is 18.5 Å². The zero-order valence-electron chi connectivity index (χ0n) is 15.5. The second-order valence-electron chi connectivity index (χ2n) is 7.35. The van der Waals surface area contributed by atoms with Crippen molar-refractivity contribution in [1.82, 2.24) is 20.6 Å². The maximum Gasteiger partial charge on any atom is 0.0922 e. The second-order valence-corrected chi connectivity index (χ2v) is 7.35. The molecule has 2 fully saturated rings. The number of nitrogens with zero attached hydrogens (tertiary/aromatic N) is 3. The van der Waals surface area contributed by atoms with E-state index < -0.39 is 0 Å². The molecule has 2 heterocycles. The molecule has 0 unspecified atom stereocenters. The minimum Gasteiger partial charge on any atom is -0.388 e. The molecule has 7 nitrogen and oxygen atoms in total. The molecule has 1 aliphatic carbocycles. The van der Waals surface area contributed by atoms with Crippen LogP contribution in [-0.2, 0) is 0 Å². The van der Waals surface area contributed by atoms with E-state index in [1.165, 1.54) is 11.9 Å². The Morgan fingerprint density at radius 2 is 2.11 bits per heavy atom. The predicted molar refractivity (Wildman–Crippen MR) is 110 cm³/mol. The molecule has 1 aromatic heterocycles. The van der Waals surface area contributed by atoms with Gasteiger partial charge in [-0.05, 0) is 43.5 Å². The lowest BCUT2D eigenvalue weighted by Crippen LogP contribution is -2.43. The molecule has 0 atom stereocenters. The number of nitrogens with one attached hydrogen (secondary N) is 3. The number of benzene rings is 1. The molecule has 27 heavy (non-hydrogen) atoms. The first-order valence-corrected chi connectivity index (χ1v) is 9.66. The summed E-state index contributed by atoms with van der Waals surface area (Å²) < 4.78 is 0. The van der Waals surface area contributed by atoms with Crippen molar-refractivity contribution in [2.75, 3.05) is 37.6 Å². The highest BCUT2D eigenvalue weighted by molar-refractivity contribution is 6.07. The van der Waals surface area contributed by atoms with E-state index in [-0.39, 0.29) is 0 Å². The number of fused-ring (bicyclic) bond motifs is 1. The molecular weight excluding hydrogens is 338 g/mol. The fourth-order valence-electron chi connectivity index (χ4n) is 3.72. The van der Waals surface area contributed by atoms with Gasteiger partial charge in [-0.25, -0.2) is 4.98 Å². The first-order valence-electron chi connectivity index (χ1n) is 9.66. The molecule has 0 bridgehead atoms. The zero-order chi connectivity index (χ0) is 18.6. The highest BCUT2D eigenvalue weighted by Gasteiger charge is 2.26. The summed E-state index contributed by atoms with van der Waals surface area (Å²) in [5.74, 6) is 0.628. The monoisotopic (exact) mass is 365 g/mol. The smallest absolute Gasteiger partial charge is 0.0922 e. The third kappa shape index (κ3) is 3.94. The van der Waals surface area contributed by atoms with Crippen molar-refractivity contribution in [3.8, 4) is 0 Å². The average Bonchev–Trinajstić information content (AvgIpc) is 2.69. The highest BCUT2D eigenvalue weighted by atomic mass is 15.2. The van der Waals surface area contributed by atoms with Crippen LogP contribution in [0.25, 0.3) is 16.6 Å². The number of hydrogen-bond donors (Lipinski definition) is 4. The number of rotatable bonds is 6. The van der Waals surface area contributed by atoms with Crippen molar-refractivity contribution >= 4 is 28.5 Å². The predicted octanol–water partition coefficient (Wildman–Crippen LogP) is 1.36. The highest BCUT2D eigenvalue weighted by Crippen LogP contribution is 2.26. The van der Waals surface area contributed by atoms with Crippen LogP contribution in [0.5, 0.6) is 0 Å². The third-order valence-corrected chi connectivity index (χ3v) is 5.50. The Labute approximate surface area is 159 Å². The van der Waals surface area contributed by atoms with E-state index in [0.717, 1.165) is 67.9 Å². The summed E-state index contributed by atoms with van der Waals surface area (Å²) in [5, 5.41) is 14.5. The standard InChI is InChI=1S/C20H27N7/c21-10-14-7-16(8-14)24-12-15(11-22)20-13-25-18-2-1-17(9-19(18)26-20)27-5-3-23-4-6-27/h1-2,9,11-14,16,22-24H,3-8,10,21H2/b15-12+,22-11?. The molecule has 0 radical (unpaired) electrons. The van der Waals surface area contributed by atoms with Crippen LogP contribution in [-0.4, -0.2) is 54.9 Å². The number of anilines is 1. The quantitative estimate of drug-likeness (QED) is 0.577. The molecule has 2 aliphatic rings. The Kier molecular flexibility index (Phi) is 5.31. The van der Waals surface area contributed by atoms with Crippen molar-refractivity contribution in [3.63, 3.8) is 0 Å². The number of nitrogens with two attached hydrogens (primary N) is 1. The third-order valence-electron chi connectivity index (χ3n) is 5.50. The molecule has 1 saturated heterocycles. The van der Waals surface area contributed by atoms with Gasteiger partial charge in [0.25, 0.3) is 0 Å². The summed E-state index contributed by atoms with van der Waals surface area (Å²) in [6, 6.07) is 6.68. The van der Waals surface area contributed by atoms with Crippen LogP contribution in [0.4, 0.5) is 5.69 Å².